The largest absolute Gasteiger partial charge is 0.443 e. The van der Waals surface area contributed by atoms with Crippen molar-refractivity contribution >= 4 is 17.7 Å². The molecule has 0 spiro atoms. The van der Waals surface area contributed by atoms with Crippen LogP contribution in [0.25, 0.3) is 0 Å². The van der Waals surface area contributed by atoms with Crippen molar-refractivity contribution in [3.8, 4) is 0 Å². The summed E-state index contributed by atoms with van der Waals surface area (Å²) in [5.41, 5.74) is 1.24. The highest BCUT2D eigenvalue weighted by Crippen LogP contribution is 2.18. The van der Waals surface area contributed by atoms with Crippen LogP contribution in [0.5, 0.6) is 0 Å². The fraction of sp³-hybridized carbons (Fsp3) is 0.458. The smallest absolute Gasteiger partial charge is 0.415 e. The molecule has 1 saturated heterocycles. The maximum atomic E-state index is 13.0. The molecule has 0 radical (unpaired) electrons. The zero-order valence-electron chi connectivity index (χ0n) is 18.7. The van der Waals surface area contributed by atoms with Crippen LogP contribution < -0.4 is 4.90 Å². The molecule has 0 N–H and O–H groups in total. The van der Waals surface area contributed by atoms with Gasteiger partial charge in [-0.1, -0.05) is 24.3 Å². The third-order valence-electron chi connectivity index (χ3n) is 5.14. The van der Waals surface area contributed by atoms with Gasteiger partial charge in [0.15, 0.2) is 0 Å². The van der Waals surface area contributed by atoms with Crippen LogP contribution in [0, 0.1) is 0 Å². The van der Waals surface area contributed by atoms with E-state index in [1.807, 2.05) is 68.3 Å². The minimum absolute atomic E-state index is 0.0331. The second-order valence-corrected chi connectivity index (χ2v) is 8.74. The zero-order chi connectivity index (χ0) is 22.3. The zero-order valence-corrected chi connectivity index (χ0v) is 18.7. The fourth-order valence-electron chi connectivity index (χ4n) is 3.48. The van der Waals surface area contributed by atoms with E-state index in [9.17, 15) is 9.59 Å². The molecular formula is C24H32N4O3. The Morgan fingerprint density at radius 3 is 2.35 bits per heavy atom. The molecule has 1 fully saturated rings. The van der Waals surface area contributed by atoms with E-state index in [-0.39, 0.29) is 12.5 Å². The predicted octanol–water partition coefficient (Wildman–Crippen LogP) is 3.21. The van der Waals surface area contributed by atoms with Gasteiger partial charge in [0.05, 0.1) is 0 Å². The van der Waals surface area contributed by atoms with Crippen molar-refractivity contribution in [1.82, 2.24) is 14.8 Å². The summed E-state index contributed by atoms with van der Waals surface area (Å²) in [6.45, 7) is 9.33. The van der Waals surface area contributed by atoms with Gasteiger partial charge >= 0.3 is 6.09 Å². The second-order valence-electron chi connectivity index (χ2n) is 8.74. The molecule has 0 saturated carbocycles. The molecule has 1 aromatic heterocycles. The van der Waals surface area contributed by atoms with Crippen molar-refractivity contribution in [3.63, 3.8) is 0 Å². The summed E-state index contributed by atoms with van der Waals surface area (Å²) in [5.74, 6) is -0.0679. The highest BCUT2D eigenvalue weighted by atomic mass is 16.6. The minimum atomic E-state index is -0.632. The number of para-hydroxylation sites is 1. The molecule has 2 amide bonds. The molecule has 166 valence electrons. The fourth-order valence-corrected chi connectivity index (χ4v) is 3.48. The molecule has 0 atom stereocenters. The standard InChI is InChI=1S/C24H32N4O3/c1-24(2,3)31-23(30)28(21-9-5-4-6-10-21)19-22(29)27-16-14-26(15-17-27)13-11-20-8-7-12-25-18-20/h4-10,12,18H,11,13-17,19H2,1-3H3. The Balaban J connectivity index is 1.55. The van der Waals surface area contributed by atoms with Crippen molar-refractivity contribution in [2.24, 2.45) is 0 Å². The van der Waals surface area contributed by atoms with Gasteiger partial charge in [0.2, 0.25) is 5.91 Å². The molecule has 1 aliphatic heterocycles. The van der Waals surface area contributed by atoms with Crippen LogP contribution in [-0.2, 0) is 16.0 Å². The van der Waals surface area contributed by atoms with E-state index in [0.29, 0.717) is 18.8 Å². The van der Waals surface area contributed by atoms with E-state index < -0.39 is 11.7 Å². The SMILES string of the molecule is CC(C)(C)OC(=O)N(CC(=O)N1CCN(CCc2cccnc2)CC1)c1ccccc1. The van der Waals surface area contributed by atoms with Crippen LogP contribution in [-0.4, -0.2) is 71.7 Å². The van der Waals surface area contributed by atoms with Crippen LogP contribution in [0.3, 0.4) is 0 Å². The summed E-state index contributed by atoms with van der Waals surface area (Å²) < 4.78 is 5.54. The first-order valence-electron chi connectivity index (χ1n) is 10.8. The van der Waals surface area contributed by atoms with Crippen molar-refractivity contribution in [2.45, 2.75) is 32.8 Å². The maximum Gasteiger partial charge on any atom is 0.415 e. The molecule has 7 nitrogen and oxygen atoms in total. The Labute approximate surface area is 184 Å². The average molecular weight is 425 g/mol. The van der Waals surface area contributed by atoms with Gasteiger partial charge in [-0.2, -0.15) is 0 Å². The van der Waals surface area contributed by atoms with E-state index in [4.69, 9.17) is 4.74 Å². The first-order valence-corrected chi connectivity index (χ1v) is 10.8. The summed E-state index contributed by atoms with van der Waals surface area (Å²) in [4.78, 5) is 35.5. The Bertz CT molecular complexity index is 844. The molecular weight excluding hydrogens is 392 g/mol. The van der Waals surface area contributed by atoms with Crippen molar-refractivity contribution in [3.05, 3.63) is 60.4 Å². The van der Waals surface area contributed by atoms with Gasteiger partial charge in [0, 0.05) is 50.8 Å². The highest BCUT2D eigenvalue weighted by Gasteiger charge is 2.28. The number of carbonyl (C=O) groups excluding carboxylic acids is 2. The van der Waals surface area contributed by atoms with Gasteiger partial charge in [0.1, 0.15) is 12.1 Å². The number of piperazine rings is 1. The first-order chi connectivity index (χ1) is 14.8. The minimum Gasteiger partial charge on any atom is -0.443 e. The first kappa shape index (κ1) is 22.7. The van der Waals surface area contributed by atoms with E-state index >= 15 is 0 Å². The van der Waals surface area contributed by atoms with Crippen molar-refractivity contribution in [1.29, 1.82) is 0 Å². The third-order valence-corrected chi connectivity index (χ3v) is 5.14. The van der Waals surface area contributed by atoms with Crippen LogP contribution >= 0.6 is 0 Å². The molecule has 1 aromatic carbocycles. The number of rotatable bonds is 6. The highest BCUT2D eigenvalue weighted by molar-refractivity contribution is 5.95. The lowest BCUT2D eigenvalue weighted by molar-refractivity contribution is -0.131. The van der Waals surface area contributed by atoms with Gasteiger partial charge in [-0.05, 0) is 51.0 Å². The number of carbonyl (C=O) groups is 2. The van der Waals surface area contributed by atoms with E-state index in [0.717, 1.165) is 26.1 Å². The molecule has 31 heavy (non-hydrogen) atoms. The predicted molar refractivity (Wildman–Crippen MR) is 121 cm³/mol. The lowest BCUT2D eigenvalue weighted by atomic mass is 10.2. The molecule has 2 heterocycles. The van der Waals surface area contributed by atoms with Crippen LogP contribution in [0.4, 0.5) is 10.5 Å². The molecule has 7 heteroatoms. The number of aromatic nitrogens is 1. The summed E-state index contributed by atoms with van der Waals surface area (Å²) in [6.07, 6.45) is 4.11. The Kier molecular flexibility index (Phi) is 7.63. The number of anilines is 1. The average Bonchev–Trinajstić information content (AvgIpc) is 2.76. The summed E-state index contributed by atoms with van der Waals surface area (Å²) in [5, 5.41) is 0. The number of ether oxygens (including phenoxy) is 1. The van der Waals surface area contributed by atoms with Gasteiger partial charge < -0.3 is 9.64 Å². The van der Waals surface area contributed by atoms with Crippen molar-refractivity contribution < 1.29 is 14.3 Å². The number of hydrogen-bond donors (Lipinski definition) is 0. The summed E-state index contributed by atoms with van der Waals surface area (Å²) in [6, 6.07) is 13.2. The Morgan fingerprint density at radius 1 is 1.03 bits per heavy atom. The van der Waals surface area contributed by atoms with E-state index in [2.05, 4.69) is 16.0 Å². The molecule has 1 aliphatic rings. The van der Waals surface area contributed by atoms with Gasteiger partial charge in [-0.25, -0.2) is 4.79 Å². The van der Waals surface area contributed by atoms with Crippen LogP contribution in [0.1, 0.15) is 26.3 Å². The quantitative estimate of drug-likeness (QED) is 0.712. The Hall–Kier alpha value is -2.93. The van der Waals surface area contributed by atoms with E-state index in [1.54, 1.807) is 6.20 Å². The summed E-state index contributed by atoms with van der Waals surface area (Å²) >= 11 is 0. The number of nitrogens with zero attached hydrogens (tertiary/aromatic N) is 4. The lowest BCUT2D eigenvalue weighted by Crippen LogP contribution is -2.52. The maximum absolute atomic E-state index is 13.0. The summed E-state index contributed by atoms with van der Waals surface area (Å²) in [7, 11) is 0. The second kappa shape index (κ2) is 10.4. The van der Waals surface area contributed by atoms with Crippen LogP contribution in [0.2, 0.25) is 0 Å². The third kappa shape index (κ3) is 7.07. The van der Waals surface area contributed by atoms with E-state index in [1.165, 1.54) is 10.5 Å². The number of pyridine rings is 1. The monoisotopic (exact) mass is 424 g/mol. The molecule has 3 rings (SSSR count). The number of hydrogen-bond acceptors (Lipinski definition) is 5. The number of benzene rings is 1. The van der Waals surface area contributed by atoms with Crippen molar-refractivity contribution in [2.75, 3.05) is 44.2 Å². The number of amides is 2. The van der Waals surface area contributed by atoms with Gasteiger partial charge in [-0.15, -0.1) is 0 Å². The molecule has 2 aromatic rings. The van der Waals surface area contributed by atoms with Gasteiger partial charge in [-0.3, -0.25) is 19.6 Å². The topological polar surface area (TPSA) is 66.0 Å². The molecule has 0 aliphatic carbocycles. The Morgan fingerprint density at radius 2 is 1.74 bits per heavy atom. The molecule has 0 bridgehead atoms. The van der Waals surface area contributed by atoms with Crippen LogP contribution in [0.15, 0.2) is 54.9 Å². The molecule has 0 unspecified atom stereocenters. The normalized spacial score (nSPS) is 14.9. The lowest BCUT2D eigenvalue weighted by Gasteiger charge is -2.36. The van der Waals surface area contributed by atoms with Gasteiger partial charge in [0.25, 0.3) is 0 Å².